The molecular formula is C23H17ClN4O2S. The minimum absolute atomic E-state index is 0.213. The van der Waals surface area contributed by atoms with E-state index in [1.807, 2.05) is 72.8 Å². The van der Waals surface area contributed by atoms with Gasteiger partial charge in [0.1, 0.15) is 11.5 Å². The number of furan rings is 1. The van der Waals surface area contributed by atoms with E-state index in [-0.39, 0.29) is 5.91 Å². The molecule has 1 atom stereocenters. The van der Waals surface area contributed by atoms with Crippen LogP contribution in [-0.4, -0.2) is 22.2 Å². The van der Waals surface area contributed by atoms with Crippen molar-refractivity contribution in [3.63, 3.8) is 0 Å². The average Bonchev–Trinajstić information content (AvgIpc) is 3.30. The third-order valence-electron chi connectivity index (χ3n) is 4.84. The number of benzene rings is 2. The average molecular weight is 449 g/mol. The zero-order valence-electron chi connectivity index (χ0n) is 16.2. The van der Waals surface area contributed by atoms with Gasteiger partial charge in [-0.15, -0.1) is 5.10 Å². The van der Waals surface area contributed by atoms with Gasteiger partial charge in [-0.05, 0) is 42.0 Å². The van der Waals surface area contributed by atoms with E-state index in [1.54, 1.807) is 11.3 Å². The zero-order chi connectivity index (χ0) is 21.2. The van der Waals surface area contributed by atoms with Crippen LogP contribution in [-0.2, 0) is 10.5 Å². The van der Waals surface area contributed by atoms with Gasteiger partial charge in [-0.3, -0.25) is 15.1 Å². The first-order chi connectivity index (χ1) is 15.2. The summed E-state index contributed by atoms with van der Waals surface area (Å²) in [6.07, 6.45) is 4.84. The van der Waals surface area contributed by atoms with Gasteiger partial charge in [0.2, 0.25) is 0 Å². The summed E-state index contributed by atoms with van der Waals surface area (Å²) in [5.74, 6) is 1.08. The molecule has 2 aromatic carbocycles. The predicted molar refractivity (Wildman–Crippen MR) is 122 cm³/mol. The number of nitrogens with one attached hydrogen (secondary N) is 1. The number of thioether (sulfide) groups is 1. The Bertz CT molecular complexity index is 1320. The van der Waals surface area contributed by atoms with E-state index in [1.165, 1.54) is 11.8 Å². The maximum absolute atomic E-state index is 13.1. The van der Waals surface area contributed by atoms with Gasteiger partial charge in [0, 0.05) is 16.0 Å². The number of nitrogens with zero attached hydrogens (tertiary/aromatic N) is 3. The van der Waals surface area contributed by atoms with Crippen molar-refractivity contribution in [2.45, 2.75) is 11.9 Å². The molecule has 0 saturated heterocycles. The number of hydrogen-bond donors (Lipinski definition) is 1. The lowest BCUT2D eigenvalue weighted by Crippen LogP contribution is -2.52. The molecule has 0 radical (unpaired) electrons. The smallest absolute Gasteiger partial charge is 0.276 e. The first-order valence-electron chi connectivity index (χ1n) is 9.63. The molecule has 3 heterocycles. The van der Waals surface area contributed by atoms with Crippen LogP contribution in [0.2, 0.25) is 5.02 Å². The molecule has 154 valence electrons. The van der Waals surface area contributed by atoms with Crippen molar-refractivity contribution < 1.29 is 9.21 Å². The highest BCUT2D eigenvalue weighted by molar-refractivity contribution is 8.13. The van der Waals surface area contributed by atoms with E-state index in [0.29, 0.717) is 27.4 Å². The Morgan fingerprint density at radius 3 is 2.81 bits per heavy atom. The molecule has 0 spiro atoms. The first kappa shape index (κ1) is 19.7. The summed E-state index contributed by atoms with van der Waals surface area (Å²) < 4.78 is 5.39. The summed E-state index contributed by atoms with van der Waals surface area (Å²) in [5, 5.41) is 12.0. The fourth-order valence-electron chi connectivity index (χ4n) is 3.37. The third kappa shape index (κ3) is 4.02. The number of hydrazone groups is 1. The van der Waals surface area contributed by atoms with E-state index in [0.717, 1.165) is 16.1 Å². The predicted octanol–water partition coefficient (Wildman–Crippen LogP) is 3.35. The maximum atomic E-state index is 13.1. The lowest BCUT2D eigenvalue weighted by Gasteiger charge is -2.32. The molecule has 0 aliphatic carbocycles. The Hall–Kier alpha value is -3.29. The highest BCUT2D eigenvalue weighted by Gasteiger charge is 2.32. The highest BCUT2D eigenvalue weighted by Crippen LogP contribution is 2.25. The first-order valence-corrected chi connectivity index (χ1v) is 11.0. The van der Waals surface area contributed by atoms with Crippen molar-refractivity contribution in [1.29, 1.82) is 0 Å². The summed E-state index contributed by atoms with van der Waals surface area (Å²) >= 11 is 7.68. The summed E-state index contributed by atoms with van der Waals surface area (Å²) in [6.45, 7) is 0. The molecule has 0 saturated carbocycles. The van der Waals surface area contributed by atoms with E-state index in [4.69, 9.17) is 26.1 Å². The Kier molecular flexibility index (Phi) is 5.36. The number of carbonyl (C=O) groups excluding carboxylic acids is 1. The molecule has 2 aliphatic heterocycles. The Morgan fingerprint density at radius 2 is 1.97 bits per heavy atom. The number of rotatable bonds is 4. The largest absolute Gasteiger partial charge is 0.465 e. The van der Waals surface area contributed by atoms with Crippen LogP contribution in [0.3, 0.4) is 0 Å². The Labute approximate surface area is 187 Å². The molecule has 1 N–H and O–H groups in total. The lowest BCUT2D eigenvalue weighted by molar-refractivity contribution is -0.116. The van der Waals surface area contributed by atoms with Gasteiger partial charge >= 0.3 is 0 Å². The summed E-state index contributed by atoms with van der Waals surface area (Å²) in [4.78, 5) is 17.9. The van der Waals surface area contributed by atoms with Crippen LogP contribution in [0.4, 0.5) is 0 Å². The van der Waals surface area contributed by atoms with E-state index < -0.39 is 6.17 Å². The van der Waals surface area contributed by atoms with Gasteiger partial charge in [0.25, 0.3) is 5.91 Å². The molecular weight excluding hydrogens is 432 g/mol. The van der Waals surface area contributed by atoms with Crippen LogP contribution in [0.15, 0.2) is 87.5 Å². The van der Waals surface area contributed by atoms with Crippen molar-refractivity contribution in [3.8, 4) is 0 Å². The summed E-state index contributed by atoms with van der Waals surface area (Å²) in [7, 11) is 0. The quantitative estimate of drug-likeness (QED) is 0.664. The number of amides is 1. The highest BCUT2D eigenvalue weighted by atomic mass is 35.5. The second kappa shape index (κ2) is 8.45. The van der Waals surface area contributed by atoms with Crippen molar-refractivity contribution in [1.82, 2.24) is 10.3 Å². The number of carbonyl (C=O) groups is 1. The van der Waals surface area contributed by atoms with Gasteiger partial charge < -0.3 is 4.42 Å². The van der Waals surface area contributed by atoms with Crippen molar-refractivity contribution in [2.24, 2.45) is 10.1 Å². The monoisotopic (exact) mass is 448 g/mol. The second-order valence-electron chi connectivity index (χ2n) is 6.87. The third-order valence-corrected chi connectivity index (χ3v) is 6.12. The van der Waals surface area contributed by atoms with Gasteiger partial charge in [0.05, 0.1) is 11.6 Å². The fourth-order valence-corrected chi connectivity index (χ4v) is 4.51. The number of halogens is 1. The van der Waals surface area contributed by atoms with Crippen LogP contribution in [0.5, 0.6) is 0 Å². The molecule has 2 aliphatic rings. The van der Waals surface area contributed by atoms with E-state index >= 15 is 0 Å². The number of hydrogen-bond acceptors (Lipinski definition) is 6. The van der Waals surface area contributed by atoms with Gasteiger partial charge in [-0.2, -0.15) is 0 Å². The molecule has 0 bridgehead atoms. The SMILES string of the molecule is O=C1NC(SCc2ccccc2Cl)=NN2C1=c1ccccc1=N[C@@H]2/C=C/c1ccco1. The molecule has 8 heteroatoms. The molecule has 0 fully saturated rings. The van der Waals surface area contributed by atoms with Gasteiger partial charge in [-0.1, -0.05) is 59.8 Å². The molecule has 1 amide bonds. The fraction of sp³-hybridized carbons (Fsp3) is 0.0870. The molecule has 6 nitrogen and oxygen atoms in total. The van der Waals surface area contributed by atoms with Crippen LogP contribution in [0, 0.1) is 0 Å². The van der Waals surface area contributed by atoms with Crippen molar-refractivity contribution in [3.05, 3.63) is 99.9 Å². The number of para-hydroxylation sites is 1. The lowest BCUT2D eigenvalue weighted by atomic mass is 10.1. The molecule has 31 heavy (non-hydrogen) atoms. The van der Waals surface area contributed by atoms with Crippen LogP contribution in [0.1, 0.15) is 11.3 Å². The standard InChI is InChI=1S/C23H17ClN4O2S/c24-18-9-3-1-6-15(18)14-31-23-26-22(29)21-17-8-2-4-10-19(17)25-20(28(21)27-23)12-11-16-7-5-13-30-16/h1-13,20H,14H2,(H,26,27,29)/b12-11+/t20-/m0/s1. The Morgan fingerprint density at radius 1 is 1.13 bits per heavy atom. The molecule has 1 aromatic heterocycles. The van der Waals surface area contributed by atoms with Gasteiger partial charge in [-0.25, -0.2) is 5.01 Å². The molecule has 3 aromatic rings. The topological polar surface area (TPSA) is 70.2 Å². The van der Waals surface area contributed by atoms with Crippen molar-refractivity contribution in [2.75, 3.05) is 0 Å². The minimum atomic E-state index is -0.475. The van der Waals surface area contributed by atoms with Crippen LogP contribution < -0.4 is 15.9 Å². The normalized spacial score (nSPS) is 17.6. The van der Waals surface area contributed by atoms with Crippen LogP contribution in [0.25, 0.3) is 11.8 Å². The summed E-state index contributed by atoms with van der Waals surface area (Å²) in [6, 6.07) is 18.9. The maximum Gasteiger partial charge on any atom is 0.276 e. The molecule has 0 unspecified atom stereocenters. The molecule has 5 rings (SSSR count). The number of amidine groups is 1. The van der Waals surface area contributed by atoms with E-state index in [9.17, 15) is 4.79 Å². The Balaban J connectivity index is 1.51. The van der Waals surface area contributed by atoms with Crippen LogP contribution >= 0.6 is 23.4 Å². The summed E-state index contributed by atoms with van der Waals surface area (Å²) in [5.41, 5.74) is 1.45. The second-order valence-corrected chi connectivity index (χ2v) is 8.24. The van der Waals surface area contributed by atoms with Gasteiger partial charge in [0.15, 0.2) is 11.3 Å². The van der Waals surface area contributed by atoms with Crippen molar-refractivity contribution >= 4 is 46.2 Å². The minimum Gasteiger partial charge on any atom is -0.465 e. The van der Waals surface area contributed by atoms with E-state index in [2.05, 4.69) is 5.32 Å². The number of fused-ring (bicyclic) bond motifs is 2. The zero-order valence-corrected chi connectivity index (χ0v) is 17.8.